The fraction of sp³-hybridized carbons (Fsp3) is 0.385. The average molecular weight is 314 g/mol. The van der Waals surface area contributed by atoms with Gasteiger partial charge in [-0.1, -0.05) is 13.8 Å². The van der Waals surface area contributed by atoms with E-state index in [-0.39, 0.29) is 17.2 Å². The van der Waals surface area contributed by atoms with Crippen molar-refractivity contribution in [1.29, 1.82) is 5.26 Å². The zero-order valence-corrected chi connectivity index (χ0v) is 12.3. The molecule has 1 atom stereocenters. The number of carboxylic acids is 1. The molecule has 0 fully saturated rings. The van der Waals surface area contributed by atoms with Crippen LogP contribution < -0.4 is 4.72 Å². The number of nitrogens with one attached hydrogen (secondary N) is 1. The van der Waals surface area contributed by atoms with Gasteiger partial charge in [-0.25, -0.2) is 12.8 Å². The summed E-state index contributed by atoms with van der Waals surface area (Å²) in [5.41, 5.74) is -0.423. The van der Waals surface area contributed by atoms with Crippen molar-refractivity contribution in [1.82, 2.24) is 4.72 Å². The van der Waals surface area contributed by atoms with Gasteiger partial charge in [0, 0.05) is 0 Å². The van der Waals surface area contributed by atoms with Crippen molar-refractivity contribution in [2.24, 2.45) is 5.92 Å². The van der Waals surface area contributed by atoms with E-state index in [0.29, 0.717) is 0 Å². The summed E-state index contributed by atoms with van der Waals surface area (Å²) in [4.78, 5) is 10.7. The first-order chi connectivity index (χ1) is 9.67. The molecule has 0 heterocycles. The molecule has 0 radical (unpaired) electrons. The van der Waals surface area contributed by atoms with Crippen molar-refractivity contribution in [2.45, 2.75) is 31.2 Å². The van der Waals surface area contributed by atoms with E-state index < -0.39 is 33.4 Å². The number of hydrogen-bond donors (Lipinski definition) is 2. The minimum absolute atomic E-state index is 0.0308. The fourth-order valence-electron chi connectivity index (χ4n) is 1.68. The Morgan fingerprint density at radius 1 is 1.48 bits per heavy atom. The van der Waals surface area contributed by atoms with Crippen molar-refractivity contribution in [3.05, 3.63) is 29.6 Å². The molecular formula is C13H15FN2O4S. The summed E-state index contributed by atoms with van der Waals surface area (Å²) in [6, 6.07) is 2.94. The SMILES string of the molecule is CC(C)C[C@@H](NS(=O)(=O)c1ccc(F)c(C#N)c1)C(=O)O. The van der Waals surface area contributed by atoms with Gasteiger partial charge in [0.2, 0.25) is 10.0 Å². The van der Waals surface area contributed by atoms with Crippen molar-refractivity contribution >= 4 is 16.0 Å². The highest BCUT2D eigenvalue weighted by Crippen LogP contribution is 2.16. The lowest BCUT2D eigenvalue weighted by Gasteiger charge is -2.16. The third-order valence-corrected chi connectivity index (χ3v) is 4.14. The number of nitriles is 1. The van der Waals surface area contributed by atoms with E-state index in [1.165, 1.54) is 6.07 Å². The standard InChI is InChI=1S/C13H15FN2O4S/c1-8(2)5-12(13(17)18)16-21(19,20)10-3-4-11(14)9(6-10)7-15/h3-4,6,8,12,16H,5H2,1-2H3,(H,17,18)/t12-/m1/s1. The van der Waals surface area contributed by atoms with Crippen LogP contribution >= 0.6 is 0 Å². The first-order valence-corrected chi connectivity index (χ1v) is 7.60. The van der Waals surface area contributed by atoms with E-state index in [0.717, 1.165) is 18.2 Å². The molecule has 0 bridgehead atoms. The summed E-state index contributed by atoms with van der Waals surface area (Å²) >= 11 is 0. The second-order valence-electron chi connectivity index (χ2n) is 4.90. The van der Waals surface area contributed by atoms with Gasteiger partial charge in [-0.15, -0.1) is 0 Å². The monoisotopic (exact) mass is 314 g/mol. The summed E-state index contributed by atoms with van der Waals surface area (Å²) in [5, 5.41) is 17.7. The number of hydrogen-bond acceptors (Lipinski definition) is 4. The molecule has 0 unspecified atom stereocenters. The van der Waals surface area contributed by atoms with Crippen LogP contribution in [0.1, 0.15) is 25.8 Å². The summed E-state index contributed by atoms with van der Waals surface area (Å²) < 4.78 is 39.4. The van der Waals surface area contributed by atoms with Crippen LogP contribution in [-0.2, 0) is 14.8 Å². The Bertz CT molecular complexity index is 680. The smallest absolute Gasteiger partial charge is 0.321 e. The predicted molar refractivity (Wildman–Crippen MR) is 72.3 cm³/mol. The number of carboxylic acid groups (broad SMARTS) is 1. The van der Waals surface area contributed by atoms with Gasteiger partial charge in [-0.2, -0.15) is 9.98 Å². The van der Waals surface area contributed by atoms with E-state index in [4.69, 9.17) is 10.4 Å². The topological polar surface area (TPSA) is 107 Å². The zero-order chi connectivity index (χ0) is 16.2. The maximum atomic E-state index is 13.2. The molecule has 0 saturated carbocycles. The van der Waals surface area contributed by atoms with Crippen LogP contribution in [0.3, 0.4) is 0 Å². The van der Waals surface area contributed by atoms with Gasteiger partial charge in [0.05, 0.1) is 10.5 Å². The quantitative estimate of drug-likeness (QED) is 0.827. The Kier molecular flexibility index (Phi) is 5.41. The van der Waals surface area contributed by atoms with Crippen LogP contribution in [0.4, 0.5) is 4.39 Å². The van der Waals surface area contributed by atoms with Crippen LogP contribution in [0.2, 0.25) is 0 Å². The first-order valence-electron chi connectivity index (χ1n) is 6.12. The molecule has 21 heavy (non-hydrogen) atoms. The highest BCUT2D eigenvalue weighted by Gasteiger charge is 2.26. The molecule has 1 rings (SSSR count). The molecule has 1 aromatic rings. The zero-order valence-electron chi connectivity index (χ0n) is 11.5. The molecule has 0 saturated heterocycles. The third kappa shape index (κ3) is 4.51. The summed E-state index contributed by atoms with van der Waals surface area (Å²) in [6.45, 7) is 3.52. The fourth-order valence-corrected chi connectivity index (χ4v) is 2.91. The molecule has 0 aromatic heterocycles. The number of halogens is 1. The Labute approximate surface area is 122 Å². The molecule has 0 amide bonds. The lowest BCUT2D eigenvalue weighted by Crippen LogP contribution is -2.41. The molecule has 0 spiro atoms. The number of nitrogens with zero attached hydrogens (tertiary/aromatic N) is 1. The Morgan fingerprint density at radius 3 is 2.57 bits per heavy atom. The molecule has 0 aliphatic rings. The van der Waals surface area contributed by atoms with Crippen LogP contribution in [-0.4, -0.2) is 25.5 Å². The second kappa shape index (κ2) is 6.65. The second-order valence-corrected chi connectivity index (χ2v) is 6.61. The van der Waals surface area contributed by atoms with Crippen LogP contribution in [0.15, 0.2) is 23.1 Å². The summed E-state index contributed by atoms with van der Waals surface area (Å²) in [7, 11) is -4.15. The molecule has 8 heteroatoms. The molecule has 6 nitrogen and oxygen atoms in total. The van der Waals surface area contributed by atoms with Gasteiger partial charge in [0.1, 0.15) is 17.9 Å². The van der Waals surface area contributed by atoms with Crippen molar-refractivity contribution < 1.29 is 22.7 Å². The van der Waals surface area contributed by atoms with Crippen LogP contribution in [0.5, 0.6) is 0 Å². The predicted octanol–water partition coefficient (Wildman–Crippen LogP) is 1.47. The third-order valence-electron chi connectivity index (χ3n) is 2.67. The Morgan fingerprint density at radius 2 is 2.10 bits per heavy atom. The van der Waals surface area contributed by atoms with Crippen molar-refractivity contribution in [2.75, 3.05) is 0 Å². The molecule has 0 aliphatic carbocycles. The molecule has 0 aliphatic heterocycles. The van der Waals surface area contributed by atoms with Gasteiger partial charge in [-0.05, 0) is 30.5 Å². The largest absolute Gasteiger partial charge is 0.480 e. The van der Waals surface area contributed by atoms with Gasteiger partial charge in [0.15, 0.2) is 0 Å². The number of benzene rings is 1. The average Bonchev–Trinajstić information content (AvgIpc) is 2.37. The minimum Gasteiger partial charge on any atom is -0.480 e. The van der Waals surface area contributed by atoms with Gasteiger partial charge in [-0.3, -0.25) is 4.79 Å². The number of sulfonamides is 1. The van der Waals surface area contributed by atoms with E-state index in [1.807, 2.05) is 0 Å². The van der Waals surface area contributed by atoms with Gasteiger partial charge in [0.25, 0.3) is 0 Å². The number of carbonyl (C=O) groups is 1. The summed E-state index contributed by atoms with van der Waals surface area (Å²) in [5.74, 6) is -2.17. The minimum atomic E-state index is -4.15. The van der Waals surface area contributed by atoms with E-state index in [9.17, 15) is 17.6 Å². The maximum Gasteiger partial charge on any atom is 0.321 e. The number of aliphatic carboxylic acids is 1. The molecule has 1 aromatic carbocycles. The van der Waals surface area contributed by atoms with Crippen molar-refractivity contribution in [3.63, 3.8) is 0 Å². The normalized spacial score (nSPS) is 12.9. The summed E-state index contributed by atoms with van der Waals surface area (Å²) in [6.07, 6.45) is 0.112. The molecule has 2 N–H and O–H groups in total. The van der Waals surface area contributed by atoms with E-state index >= 15 is 0 Å². The lowest BCUT2D eigenvalue weighted by atomic mass is 10.1. The maximum absolute atomic E-state index is 13.2. The first kappa shape index (κ1) is 17.1. The Balaban J connectivity index is 3.11. The highest BCUT2D eigenvalue weighted by molar-refractivity contribution is 7.89. The van der Waals surface area contributed by atoms with Crippen LogP contribution in [0.25, 0.3) is 0 Å². The number of rotatable bonds is 6. The Hall–Kier alpha value is -1.98. The van der Waals surface area contributed by atoms with Crippen molar-refractivity contribution in [3.8, 4) is 6.07 Å². The highest BCUT2D eigenvalue weighted by atomic mass is 32.2. The molecule has 114 valence electrons. The van der Waals surface area contributed by atoms with Gasteiger partial charge >= 0.3 is 5.97 Å². The van der Waals surface area contributed by atoms with Crippen LogP contribution in [0, 0.1) is 23.1 Å². The molecular weight excluding hydrogens is 299 g/mol. The van der Waals surface area contributed by atoms with E-state index in [2.05, 4.69) is 4.72 Å². The lowest BCUT2D eigenvalue weighted by molar-refractivity contribution is -0.139. The van der Waals surface area contributed by atoms with E-state index in [1.54, 1.807) is 13.8 Å². The van der Waals surface area contributed by atoms with Gasteiger partial charge < -0.3 is 5.11 Å².